The van der Waals surface area contributed by atoms with E-state index in [2.05, 4.69) is 10.3 Å². The Morgan fingerprint density at radius 3 is 2.35 bits per heavy atom. The van der Waals surface area contributed by atoms with Gasteiger partial charge in [-0.2, -0.15) is 0 Å². The Morgan fingerprint density at radius 2 is 1.85 bits per heavy atom. The Labute approximate surface area is 123 Å². The van der Waals surface area contributed by atoms with E-state index in [1.807, 2.05) is 25.4 Å². The summed E-state index contributed by atoms with van der Waals surface area (Å²) < 4.78 is 22.8. The van der Waals surface area contributed by atoms with Crippen molar-refractivity contribution >= 4 is 21.6 Å². The molecule has 1 aromatic carbocycles. The summed E-state index contributed by atoms with van der Waals surface area (Å²) in [6.07, 6.45) is 3.04. The number of nitrogens with zero attached hydrogens (tertiary/aromatic N) is 1. The number of nitrogens with one attached hydrogen (secondary N) is 1. The second kappa shape index (κ2) is 6.39. The predicted molar refractivity (Wildman–Crippen MR) is 80.7 cm³/mol. The van der Waals surface area contributed by atoms with Crippen LogP contribution in [0, 0.1) is 0 Å². The minimum atomic E-state index is -3.14. The molecule has 2 aromatic rings. The zero-order chi connectivity index (χ0) is 14.6. The lowest BCUT2D eigenvalue weighted by Crippen LogP contribution is -2.05. The minimum absolute atomic E-state index is 0.333. The molecule has 2 rings (SSSR count). The summed E-state index contributed by atoms with van der Waals surface area (Å²) in [7, 11) is -1.24. The van der Waals surface area contributed by atoms with Gasteiger partial charge in [-0.3, -0.25) is 0 Å². The van der Waals surface area contributed by atoms with Gasteiger partial charge in [-0.05, 0) is 42.9 Å². The lowest BCUT2D eigenvalue weighted by Gasteiger charge is -2.04. The summed E-state index contributed by atoms with van der Waals surface area (Å²) in [4.78, 5) is 5.67. The van der Waals surface area contributed by atoms with Crippen LogP contribution in [0.2, 0.25) is 0 Å². The van der Waals surface area contributed by atoms with Gasteiger partial charge in [0, 0.05) is 23.9 Å². The van der Waals surface area contributed by atoms with E-state index in [1.54, 1.807) is 24.3 Å². The van der Waals surface area contributed by atoms with Gasteiger partial charge in [0.25, 0.3) is 0 Å². The van der Waals surface area contributed by atoms with Crippen LogP contribution in [-0.4, -0.2) is 26.7 Å². The molecule has 20 heavy (non-hydrogen) atoms. The van der Waals surface area contributed by atoms with Crippen molar-refractivity contribution in [2.75, 3.05) is 13.3 Å². The summed E-state index contributed by atoms with van der Waals surface area (Å²) in [5.74, 6) is 0. The molecule has 0 radical (unpaired) electrons. The molecule has 0 aliphatic heterocycles. The molecule has 0 amide bonds. The maximum Gasteiger partial charge on any atom is 0.175 e. The van der Waals surface area contributed by atoms with Crippen molar-refractivity contribution in [2.45, 2.75) is 21.4 Å². The minimum Gasteiger partial charge on any atom is -0.316 e. The third-order valence-electron chi connectivity index (χ3n) is 2.65. The predicted octanol–water partition coefficient (Wildman–Crippen LogP) is 2.36. The van der Waals surface area contributed by atoms with E-state index in [-0.39, 0.29) is 0 Å². The first-order chi connectivity index (χ1) is 9.49. The number of aromatic nitrogens is 1. The van der Waals surface area contributed by atoms with Crippen LogP contribution in [0.5, 0.6) is 0 Å². The summed E-state index contributed by atoms with van der Waals surface area (Å²) >= 11 is 1.51. The SMILES string of the molecule is CNCc1ccc(Sc2ccc(S(C)(=O)=O)cc2)nc1. The van der Waals surface area contributed by atoms with Crippen LogP contribution >= 0.6 is 11.8 Å². The van der Waals surface area contributed by atoms with Gasteiger partial charge in [0.05, 0.1) is 4.90 Å². The highest BCUT2D eigenvalue weighted by atomic mass is 32.2. The Balaban J connectivity index is 2.10. The number of hydrogen-bond donors (Lipinski definition) is 1. The van der Waals surface area contributed by atoms with Gasteiger partial charge in [0.15, 0.2) is 9.84 Å². The van der Waals surface area contributed by atoms with Crippen molar-refractivity contribution in [1.82, 2.24) is 10.3 Å². The van der Waals surface area contributed by atoms with Crippen LogP contribution in [0.1, 0.15) is 5.56 Å². The first-order valence-corrected chi connectivity index (χ1v) is 8.77. The van der Waals surface area contributed by atoms with Crippen LogP contribution in [0.25, 0.3) is 0 Å². The molecule has 0 saturated carbocycles. The molecule has 0 aliphatic carbocycles. The Hall–Kier alpha value is -1.37. The van der Waals surface area contributed by atoms with Gasteiger partial charge in [0.1, 0.15) is 5.03 Å². The molecule has 1 aromatic heterocycles. The molecular formula is C14H16N2O2S2. The lowest BCUT2D eigenvalue weighted by molar-refractivity contribution is 0.602. The molecule has 6 heteroatoms. The Kier molecular flexibility index (Phi) is 4.80. The van der Waals surface area contributed by atoms with Crippen molar-refractivity contribution in [1.29, 1.82) is 0 Å². The standard InChI is InChI=1S/C14H16N2O2S2/c1-15-9-11-3-8-14(16-10-11)19-12-4-6-13(7-5-12)20(2,17)18/h3-8,10,15H,9H2,1-2H3. The quantitative estimate of drug-likeness (QED) is 0.919. The van der Waals surface area contributed by atoms with Crippen LogP contribution in [0.4, 0.5) is 0 Å². The zero-order valence-corrected chi connectivity index (χ0v) is 13.0. The van der Waals surface area contributed by atoms with Gasteiger partial charge in [-0.1, -0.05) is 17.8 Å². The fraction of sp³-hybridized carbons (Fsp3) is 0.214. The van der Waals surface area contributed by atoms with Crippen molar-refractivity contribution in [3.63, 3.8) is 0 Å². The van der Waals surface area contributed by atoms with Gasteiger partial charge < -0.3 is 5.32 Å². The third kappa shape index (κ3) is 4.06. The van der Waals surface area contributed by atoms with E-state index in [0.717, 1.165) is 22.0 Å². The molecule has 106 valence electrons. The summed E-state index contributed by atoms with van der Waals surface area (Å²) in [5.41, 5.74) is 1.13. The Morgan fingerprint density at radius 1 is 1.15 bits per heavy atom. The van der Waals surface area contributed by atoms with Crippen molar-refractivity contribution in [3.8, 4) is 0 Å². The summed E-state index contributed by atoms with van der Waals surface area (Å²) in [6, 6.07) is 10.8. The fourth-order valence-corrected chi connectivity index (χ4v) is 3.04. The highest BCUT2D eigenvalue weighted by molar-refractivity contribution is 7.99. The van der Waals surface area contributed by atoms with Crippen LogP contribution in [0.3, 0.4) is 0 Å². The van der Waals surface area contributed by atoms with E-state index in [0.29, 0.717) is 4.90 Å². The van der Waals surface area contributed by atoms with Gasteiger partial charge in [-0.25, -0.2) is 13.4 Å². The topological polar surface area (TPSA) is 59.1 Å². The van der Waals surface area contributed by atoms with Crippen LogP contribution in [-0.2, 0) is 16.4 Å². The third-order valence-corrected chi connectivity index (χ3v) is 4.74. The van der Waals surface area contributed by atoms with E-state index in [4.69, 9.17) is 0 Å². The molecule has 0 spiro atoms. The normalized spacial score (nSPS) is 11.5. The molecule has 0 bridgehead atoms. The lowest BCUT2D eigenvalue weighted by atomic mass is 10.3. The molecule has 0 atom stereocenters. The van der Waals surface area contributed by atoms with E-state index in [1.165, 1.54) is 18.0 Å². The van der Waals surface area contributed by atoms with Crippen molar-refractivity contribution in [2.24, 2.45) is 0 Å². The van der Waals surface area contributed by atoms with Crippen LogP contribution in [0.15, 0.2) is 57.4 Å². The largest absolute Gasteiger partial charge is 0.316 e. The average Bonchev–Trinajstić information content (AvgIpc) is 2.41. The molecule has 0 unspecified atom stereocenters. The summed E-state index contributed by atoms with van der Waals surface area (Å²) in [5, 5.41) is 3.96. The van der Waals surface area contributed by atoms with E-state index in [9.17, 15) is 8.42 Å². The van der Waals surface area contributed by atoms with Gasteiger partial charge in [-0.15, -0.1) is 0 Å². The molecule has 1 heterocycles. The van der Waals surface area contributed by atoms with Gasteiger partial charge in [0.2, 0.25) is 0 Å². The average molecular weight is 308 g/mol. The molecular weight excluding hydrogens is 292 g/mol. The number of sulfone groups is 1. The second-order valence-corrected chi connectivity index (χ2v) is 7.49. The van der Waals surface area contributed by atoms with E-state index >= 15 is 0 Å². The zero-order valence-electron chi connectivity index (χ0n) is 11.3. The Bertz CT molecular complexity index is 665. The maximum absolute atomic E-state index is 11.4. The molecule has 1 N–H and O–H groups in total. The smallest absolute Gasteiger partial charge is 0.175 e. The van der Waals surface area contributed by atoms with Crippen molar-refractivity contribution < 1.29 is 8.42 Å². The molecule has 4 nitrogen and oxygen atoms in total. The highest BCUT2D eigenvalue weighted by Gasteiger charge is 2.06. The first kappa shape index (κ1) is 15.0. The molecule has 0 saturated heterocycles. The first-order valence-electron chi connectivity index (χ1n) is 6.06. The molecule has 0 fully saturated rings. The second-order valence-electron chi connectivity index (χ2n) is 4.38. The number of hydrogen-bond acceptors (Lipinski definition) is 5. The highest BCUT2D eigenvalue weighted by Crippen LogP contribution is 2.26. The maximum atomic E-state index is 11.4. The number of rotatable bonds is 5. The molecule has 0 aliphatic rings. The van der Waals surface area contributed by atoms with E-state index < -0.39 is 9.84 Å². The van der Waals surface area contributed by atoms with Crippen molar-refractivity contribution in [3.05, 3.63) is 48.2 Å². The summed E-state index contributed by atoms with van der Waals surface area (Å²) in [6.45, 7) is 0.793. The monoisotopic (exact) mass is 308 g/mol. The fourth-order valence-electron chi connectivity index (χ4n) is 1.66. The van der Waals surface area contributed by atoms with Crippen LogP contribution < -0.4 is 5.32 Å². The number of pyridine rings is 1. The number of benzene rings is 1. The van der Waals surface area contributed by atoms with Gasteiger partial charge >= 0.3 is 0 Å².